The van der Waals surface area contributed by atoms with Gasteiger partial charge in [-0.15, -0.1) is 0 Å². The highest BCUT2D eigenvalue weighted by Crippen LogP contribution is 2.67. The molecule has 7 unspecified atom stereocenters. The Morgan fingerprint density at radius 1 is 1.03 bits per heavy atom. The molecule has 2 N–H and O–H groups in total. The zero-order chi connectivity index (χ0) is 21.9. The van der Waals surface area contributed by atoms with Gasteiger partial charge in [0.2, 0.25) is 0 Å². The van der Waals surface area contributed by atoms with Gasteiger partial charge in [0.1, 0.15) is 0 Å². The van der Waals surface area contributed by atoms with Crippen molar-refractivity contribution in [2.45, 2.75) is 118 Å². The van der Waals surface area contributed by atoms with Crippen LogP contribution in [0.25, 0.3) is 0 Å². The van der Waals surface area contributed by atoms with Crippen molar-refractivity contribution >= 4 is 0 Å². The molecule has 170 valence electrons. The molecule has 0 aromatic carbocycles. The molecule has 30 heavy (non-hydrogen) atoms. The van der Waals surface area contributed by atoms with E-state index in [2.05, 4.69) is 47.6 Å². The maximum Gasteiger partial charge on any atom is 0.0613 e. The summed E-state index contributed by atoms with van der Waals surface area (Å²) in [6.45, 7) is 14.0. The first-order valence-electron chi connectivity index (χ1n) is 12.7. The molecule has 4 aliphatic carbocycles. The van der Waals surface area contributed by atoms with Crippen LogP contribution < -0.4 is 0 Å². The molecule has 4 rings (SSSR count). The zero-order valence-electron chi connectivity index (χ0n) is 20.4. The van der Waals surface area contributed by atoms with Crippen LogP contribution in [0.4, 0.5) is 0 Å². The maximum atomic E-state index is 11.3. The first-order valence-corrected chi connectivity index (χ1v) is 12.7. The number of hydrogen-bond donors (Lipinski definition) is 2. The van der Waals surface area contributed by atoms with Crippen molar-refractivity contribution < 1.29 is 10.2 Å². The molecule has 2 saturated carbocycles. The lowest BCUT2D eigenvalue weighted by molar-refractivity contribution is -0.0939. The summed E-state index contributed by atoms with van der Waals surface area (Å²) in [6, 6.07) is 0. The Morgan fingerprint density at radius 3 is 2.47 bits per heavy atom. The minimum Gasteiger partial charge on any atom is -0.393 e. The molecule has 2 heteroatoms. The Labute approximate surface area is 185 Å². The molecule has 0 spiro atoms. The summed E-state index contributed by atoms with van der Waals surface area (Å²) in [7, 11) is 0. The van der Waals surface area contributed by atoms with Crippen molar-refractivity contribution in [2.24, 2.45) is 34.0 Å². The van der Waals surface area contributed by atoms with E-state index >= 15 is 0 Å². The van der Waals surface area contributed by atoms with Gasteiger partial charge < -0.3 is 10.2 Å². The summed E-state index contributed by atoms with van der Waals surface area (Å²) < 4.78 is 0. The minimum absolute atomic E-state index is 0.00592. The Kier molecular flexibility index (Phi) is 5.85. The Balaban J connectivity index is 1.60. The van der Waals surface area contributed by atoms with Crippen molar-refractivity contribution in [1.82, 2.24) is 0 Å². The van der Waals surface area contributed by atoms with E-state index in [1.165, 1.54) is 44.1 Å². The molecule has 0 amide bonds. The van der Waals surface area contributed by atoms with Gasteiger partial charge in [-0.25, -0.2) is 0 Å². The number of aliphatic hydroxyl groups excluding tert-OH is 2. The molecule has 2 nitrogen and oxygen atoms in total. The van der Waals surface area contributed by atoms with Gasteiger partial charge in [-0.05, 0) is 106 Å². The highest BCUT2D eigenvalue weighted by Gasteiger charge is 2.60. The van der Waals surface area contributed by atoms with E-state index in [0.717, 1.165) is 25.7 Å². The molecule has 2 fully saturated rings. The fourth-order valence-electron chi connectivity index (χ4n) is 8.67. The summed E-state index contributed by atoms with van der Waals surface area (Å²) in [5.41, 5.74) is 5.26. The van der Waals surface area contributed by atoms with Crippen LogP contribution in [0.5, 0.6) is 0 Å². The van der Waals surface area contributed by atoms with Gasteiger partial charge in [-0.3, -0.25) is 0 Å². The molecular weight excluding hydrogens is 368 g/mol. The number of hydrogen-bond acceptors (Lipinski definition) is 2. The molecule has 0 saturated heterocycles. The van der Waals surface area contributed by atoms with E-state index in [0.29, 0.717) is 17.8 Å². The van der Waals surface area contributed by atoms with Gasteiger partial charge in [0.15, 0.2) is 0 Å². The van der Waals surface area contributed by atoms with E-state index in [1.54, 1.807) is 11.1 Å². The minimum atomic E-state index is -0.172. The van der Waals surface area contributed by atoms with E-state index < -0.39 is 0 Å². The number of allylic oxidation sites excluding steroid dienone is 3. The first-order chi connectivity index (χ1) is 14.0. The molecule has 0 bridgehead atoms. The third-order valence-electron chi connectivity index (χ3n) is 10.4. The van der Waals surface area contributed by atoms with Crippen LogP contribution in [0.1, 0.15) is 106 Å². The second kappa shape index (κ2) is 7.77. The van der Waals surface area contributed by atoms with Crippen LogP contribution in [0, 0.1) is 34.0 Å². The molecule has 0 aromatic heterocycles. The fourth-order valence-corrected chi connectivity index (χ4v) is 8.67. The lowest BCUT2D eigenvalue weighted by Crippen LogP contribution is -2.54. The van der Waals surface area contributed by atoms with Crippen molar-refractivity contribution in [3.8, 4) is 0 Å². The number of fused-ring (bicyclic) bond motifs is 4. The summed E-state index contributed by atoms with van der Waals surface area (Å²) in [4.78, 5) is 0. The molecular formula is C28H46O2. The molecule has 0 radical (unpaired) electrons. The summed E-state index contributed by atoms with van der Waals surface area (Å²) in [5, 5.41) is 22.0. The smallest absolute Gasteiger partial charge is 0.0613 e. The third kappa shape index (κ3) is 3.36. The van der Waals surface area contributed by atoms with Crippen LogP contribution in [-0.2, 0) is 0 Å². The third-order valence-corrected chi connectivity index (χ3v) is 10.4. The second-order valence-corrected chi connectivity index (χ2v) is 12.6. The van der Waals surface area contributed by atoms with Crippen molar-refractivity contribution in [1.29, 1.82) is 0 Å². The Hall–Kier alpha value is -0.600. The Bertz CT molecular complexity index is 727. The van der Waals surface area contributed by atoms with E-state index in [-0.39, 0.29) is 28.5 Å². The van der Waals surface area contributed by atoms with Crippen LogP contribution >= 0.6 is 0 Å². The molecule has 0 aromatic rings. The number of rotatable bonds is 4. The summed E-state index contributed by atoms with van der Waals surface area (Å²) in [6.07, 6.45) is 13.6. The average molecular weight is 415 g/mol. The van der Waals surface area contributed by atoms with Crippen molar-refractivity contribution in [2.75, 3.05) is 0 Å². The highest BCUT2D eigenvalue weighted by atomic mass is 16.3. The van der Waals surface area contributed by atoms with Gasteiger partial charge in [-0.1, -0.05) is 50.5 Å². The van der Waals surface area contributed by atoms with E-state index in [4.69, 9.17) is 0 Å². The normalized spacial score (nSPS) is 44.9. The number of aliphatic hydroxyl groups is 2. The fraction of sp³-hybridized carbons (Fsp3) is 0.857. The van der Waals surface area contributed by atoms with Crippen molar-refractivity contribution in [3.63, 3.8) is 0 Å². The van der Waals surface area contributed by atoms with Crippen LogP contribution in [0.15, 0.2) is 22.8 Å². The van der Waals surface area contributed by atoms with Crippen molar-refractivity contribution in [3.05, 3.63) is 22.8 Å². The highest BCUT2D eigenvalue weighted by molar-refractivity contribution is 5.36. The number of unbranched alkanes of at least 4 members (excludes halogenated alkanes) is 1. The van der Waals surface area contributed by atoms with Gasteiger partial charge in [-0.2, -0.15) is 0 Å². The molecule has 7 atom stereocenters. The van der Waals surface area contributed by atoms with E-state index in [1.807, 2.05) is 0 Å². The Morgan fingerprint density at radius 2 is 1.77 bits per heavy atom. The van der Waals surface area contributed by atoms with Crippen LogP contribution in [-0.4, -0.2) is 22.4 Å². The van der Waals surface area contributed by atoms with Crippen LogP contribution in [0.3, 0.4) is 0 Å². The SMILES string of the molecule is CC(C)=CCCCC1CC(O)C2C3=C(CCC12C)C1(C)CCC(O)C(C)(C)C1CC3. The lowest BCUT2D eigenvalue weighted by Gasteiger charge is -2.60. The molecule has 0 aliphatic heterocycles. The first kappa shape index (κ1) is 22.6. The van der Waals surface area contributed by atoms with Gasteiger partial charge in [0.25, 0.3) is 0 Å². The monoisotopic (exact) mass is 414 g/mol. The molecule has 0 heterocycles. The summed E-state index contributed by atoms with van der Waals surface area (Å²) in [5.74, 6) is 1.60. The standard InChI is InChI=1S/C28H46O2/c1-18(2)9-7-8-10-19-17-22(29)25-20-11-12-23-26(3,4)24(30)14-16-28(23,6)21(20)13-15-27(19,25)5/h9,19,22-25,29-30H,7-8,10-17H2,1-6H3. The van der Waals surface area contributed by atoms with Gasteiger partial charge in [0.05, 0.1) is 12.2 Å². The average Bonchev–Trinajstić information content (AvgIpc) is 2.92. The van der Waals surface area contributed by atoms with Gasteiger partial charge in [0, 0.05) is 5.92 Å². The maximum absolute atomic E-state index is 11.3. The quantitative estimate of drug-likeness (QED) is 0.392. The predicted molar refractivity (Wildman–Crippen MR) is 125 cm³/mol. The zero-order valence-corrected chi connectivity index (χ0v) is 20.4. The molecule has 4 aliphatic rings. The summed E-state index contributed by atoms with van der Waals surface area (Å²) >= 11 is 0. The largest absolute Gasteiger partial charge is 0.393 e. The van der Waals surface area contributed by atoms with Crippen LogP contribution in [0.2, 0.25) is 0 Å². The predicted octanol–water partition coefficient (Wildman–Crippen LogP) is 6.81. The lowest BCUT2D eigenvalue weighted by atomic mass is 9.46. The topological polar surface area (TPSA) is 40.5 Å². The van der Waals surface area contributed by atoms with E-state index in [9.17, 15) is 10.2 Å². The van der Waals surface area contributed by atoms with Gasteiger partial charge >= 0.3 is 0 Å². The second-order valence-electron chi connectivity index (χ2n) is 12.6.